The first kappa shape index (κ1) is 20.2. The monoisotopic (exact) mass is 400 g/mol. The lowest BCUT2D eigenvalue weighted by atomic mass is 10.00. The van der Waals surface area contributed by atoms with Gasteiger partial charge >= 0.3 is 5.97 Å². The standard InChI is InChI=1S/C21H24N2O4S/c1-4-27-21(26)18-13(2)19(14(3)24)28-20(18)22-17(25)12-23-10-9-15-7-5-6-8-16(15)11-23/h5-8H,4,9-12H2,1-3H3,(H,22,25). The fourth-order valence-electron chi connectivity index (χ4n) is 3.44. The van der Waals surface area contributed by atoms with E-state index in [2.05, 4.69) is 22.3 Å². The maximum absolute atomic E-state index is 12.6. The van der Waals surface area contributed by atoms with E-state index in [4.69, 9.17) is 4.74 Å². The molecule has 148 valence electrons. The molecule has 0 spiro atoms. The van der Waals surface area contributed by atoms with Crippen LogP contribution in [-0.2, 0) is 22.5 Å². The van der Waals surface area contributed by atoms with Crippen LogP contribution in [0.3, 0.4) is 0 Å². The zero-order valence-corrected chi connectivity index (χ0v) is 17.1. The van der Waals surface area contributed by atoms with Gasteiger partial charge in [-0.25, -0.2) is 4.79 Å². The predicted octanol–water partition coefficient (Wildman–Crippen LogP) is 3.43. The highest BCUT2D eigenvalue weighted by atomic mass is 32.1. The van der Waals surface area contributed by atoms with E-state index in [1.165, 1.54) is 18.1 Å². The smallest absolute Gasteiger partial charge is 0.341 e. The molecule has 1 aromatic heterocycles. The van der Waals surface area contributed by atoms with Gasteiger partial charge in [-0.3, -0.25) is 14.5 Å². The molecule has 1 aliphatic rings. The summed E-state index contributed by atoms with van der Waals surface area (Å²) in [5.41, 5.74) is 3.39. The van der Waals surface area contributed by atoms with Crippen molar-refractivity contribution in [2.45, 2.75) is 33.7 Å². The topological polar surface area (TPSA) is 75.7 Å². The summed E-state index contributed by atoms with van der Waals surface area (Å²) in [4.78, 5) is 39.4. The molecule has 0 bridgehead atoms. The Morgan fingerprint density at radius 3 is 2.61 bits per heavy atom. The molecule has 0 atom stereocenters. The van der Waals surface area contributed by atoms with Gasteiger partial charge in [0, 0.05) is 13.1 Å². The molecule has 6 nitrogen and oxygen atoms in total. The van der Waals surface area contributed by atoms with Crippen molar-refractivity contribution in [2.24, 2.45) is 0 Å². The summed E-state index contributed by atoms with van der Waals surface area (Å²) >= 11 is 1.13. The molecule has 0 aliphatic carbocycles. The molecule has 1 aliphatic heterocycles. The maximum Gasteiger partial charge on any atom is 0.341 e. The SMILES string of the molecule is CCOC(=O)c1c(NC(=O)CN2CCc3ccccc3C2)sc(C(C)=O)c1C. The number of carbonyl (C=O) groups excluding carboxylic acids is 3. The second-order valence-electron chi connectivity index (χ2n) is 6.81. The Hall–Kier alpha value is -2.51. The number of nitrogens with one attached hydrogen (secondary N) is 1. The van der Waals surface area contributed by atoms with Crippen LogP contribution in [-0.4, -0.2) is 42.3 Å². The van der Waals surface area contributed by atoms with E-state index in [9.17, 15) is 14.4 Å². The average Bonchev–Trinajstić information content (AvgIpc) is 2.98. The lowest BCUT2D eigenvalue weighted by Crippen LogP contribution is -2.37. The van der Waals surface area contributed by atoms with Crippen LogP contribution in [0.25, 0.3) is 0 Å². The van der Waals surface area contributed by atoms with Gasteiger partial charge in [0.25, 0.3) is 0 Å². The summed E-state index contributed by atoms with van der Waals surface area (Å²) in [6.07, 6.45) is 0.907. The van der Waals surface area contributed by atoms with Crippen molar-refractivity contribution >= 4 is 34.0 Å². The molecular formula is C21H24N2O4S. The van der Waals surface area contributed by atoms with Crippen molar-refractivity contribution in [3.63, 3.8) is 0 Å². The van der Waals surface area contributed by atoms with Crippen LogP contribution in [0.4, 0.5) is 5.00 Å². The number of fused-ring (bicyclic) bond motifs is 1. The number of rotatable bonds is 6. The minimum Gasteiger partial charge on any atom is -0.462 e. The van der Waals surface area contributed by atoms with Crippen molar-refractivity contribution in [3.8, 4) is 0 Å². The third kappa shape index (κ3) is 4.31. The Morgan fingerprint density at radius 1 is 1.21 bits per heavy atom. The highest BCUT2D eigenvalue weighted by molar-refractivity contribution is 7.18. The second-order valence-corrected chi connectivity index (χ2v) is 7.84. The van der Waals surface area contributed by atoms with Gasteiger partial charge in [-0.05, 0) is 43.9 Å². The molecule has 2 heterocycles. The van der Waals surface area contributed by atoms with Crippen LogP contribution in [0, 0.1) is 6.92 Å². The van der Waals surface area contributed by atoms with Gasteiger partial charge < -0.3 is 10.1 Å². The predicted molar refractivity (Wildman–Crippen MR) is 109 cm³/mol. The highest BCUT2D eigenvalue weighted by Gasteiger charge is 2.26. The van der Waals surface area contributed by atoms with Crippen molar-refractivity contribution < 1.29 is 19.1 Å². The molecule has 1 N–H and O–H groups in total. The number of ether oxygens (including phenoxy) is 1. The van der Waals surface area contributed by atoms with Crippen LogP contribution in [0.5, 0.6) is 0 Å². The highest BCUT2D eigenvalue weighted by Crippen LogP contribution is 2.34. The van der Waals surface area contributed by atoms with Crippen LogP contribution >= 0.6 is 11.3 Å². The van der Waals surface area contributed by atoms with Gasteiger partial charge in [0.2, 0.25) is 5.91 Å². The van der Waals surface area contributed by atoms with Crippen LogP contribution < -0.4 is 5.32 Å². The Labute approximate surface area is 168 Å². The average molecular weight is 401 g/mol. The number of carbonyl (C=O) groups is 3. The number of thiophene rings is 1. The number of anilines is 1. The summed E-state index contributed by atoms with van der Waals surface area (Å²) in [5.74, 6) is -0.867. The summed E-state index contributed by atoms with van der Waals surface area (Å²) in [6.45, 7) is 6.85. The normalized spacial score (nSPS) is 13.7. The first-order valence-corrected chi connectivity index (χ1v) is 10.1. The summed E-state index contributed by atoms with van der Waals surface area (Å²) in [6, 6.07) is 8.24. The molecule has 1 amide bonds. The van der Waals surface area contributed by atoms with E-state index in [1.54, 1.807) is 13.8 Å². The Bertz CT molecular complexity index is 919. The fraction of sp³-hybridized carbons (Fsp3) is 0.381. The number of ketones is 1. The van der Waals surface area contributed by atoms with E-state index < -0.39 is 5.97 Å². The largest absolute Gasteiger partial charge is 0.462 e. The molecule has 0 fully saturated rings. The Morgan fingerprint density at radius 2 is 1.93 bits per heavy atom. The first-order chi connectivity index (χ1) is 13.4. The van der Waals surface area contributed by atoms with Crippen LogP contribution in [0.2, 0.25) is 0 Å². The van der Waals surface area contributed by atoms with Gasteiger partial charge in [0.05, 0.1) is 23.6 Å². The number of nitrogens with zero attached hydrogens (tertiary/aromatic N) is 1. The number of hydrogen-bond donors (Lipinski definition) is 1. The summed E-state index contributed by atoms with van der Waals surface area (Å²) in [5, 5.41) is 3.20. The zero-order valence-electron chi connectivity index (χ0n) is 16.3. The van der Waals surface area contributed by atoms with E-state index in [0.717, 1.165) is 30.8 Å². The van der Waals surface area contributed by atoms with E-state index >= 15 is 0 Å². The van der Waals surface area contributed by atoms with Crippen LogP contribution in [0.1, 0.15) is 50.6 Å². The second kappa shape index (κ2) is 8.67. The minimum atomic E-state index is -0.522. The minimum absolute atomic E-state index is 0.138. The number of esters is 1. The fourth-order valence-corrected chi connectivity index (χ4v) is 4.55. The molecule has 28 heavy (non-hydrogen) atoms. The molecule has 0 radical (unpaired) electrons. The molecule has 3 rings (SSSR count). The quantitative estimate of drug-likeness (QED) is 0.594. The van der Waals surface area contributed by atoms with Gasteiger partial charge in [0.15, 0.2) is 5.78 Å². The van der Waals surface area contributed by atoms with Gasteiger partial charge in [0.1, 0.15) is 5.00 Å². The number of hydrogen-bond acceptors (Lipinski definition) is 6. The maximum atomic E-state index is 12.6. The molecule has 0 saturated heterocycles. The summed E-state index contributed by atoms with van der Waals surface area (Å²) in [7, 11) is 0. The van der Waals surface area contributed by atoms with Crippen molar-refractivity contribution in [1.29, 1.82) is 0 Å². The van der Waals surface area contributed by atoms with Crippen molar-refractivity contribution in [2.75, 3.05) is 25.0 Å². The molecule has 2 aromatic rings. The summed E-state index contributed by atoms with van der Waals surface area (Å²) < 4.78 is 5.11. The van der Waals surface area contributed by atoms with E-state index in [1.807, 2.05) is 12.1 Å². The lowest BCUT2D eigenvalue weighted by molar-refractivity contribution is -0.117. The van der Waals surface area contributed by atoms with E-state index in [0.29, 0.717) is 15.4 Å². The third-order valence-electron chi connectivity index (χ3n) is 4.78. The number of benzene rings is 1. The van der Waals surface area contributed by atoms with Gasteiger partial charge in [-0.2, -0.15) is 0 Å². The molecule has 1 aromatic carbocycles. The Kier molecular flexibility index (Phi) is 6.26. The van der Waals surface area contributed by atoms with E-state index in [-0.39, 0.29) is 30.4 Å². The van der Waals surface area contributed by atoms with Gasteiger partial charge in [-0.15, -0.1) is 11.3 Å². The molecule has 0 saturated carbocycles. The van der Waals surface area contributed by atoms with Crippen molar-refractivity contribution in [1.82, 2.24) is 4.90 Å². The van der Waals surface area contributed by atoms with Gasteiger partial charge in [-0.1, -0.05) is 24.3 Å². The van der Waals surface area contributed by atoms with Crippen LogP contribution in [0.15, 0.2) is 24.3 Å². The Balaban J connectivity index is 1.74. The third-order valence-corrected chi connectivity index (χ3v) is 6.08. The molecule has 0 unspecified atom stereocenters. The number of Topliss-reactive ketones (excluding diaryl/α,β-unsaturated/α-hetero) is 1. The lowest BCUT2D eigenvalue weighted by Gasteiger charge is -2.28. The first-order valence-electron chi connectivity index (χ1n) is 9.31. The zero-order chi connectivity index (χ0) is 20.3. The molecule has 7 heteroatoms. The number of amides is 1. The van der Waals surface area contributed by atoms with Crippen molar-refractivity contribution in [3.05, 3.63) is 51.4 Å². The molecular weight excluding hydrogens is 376 g/mol.